The van der Waals surface area contributed by atoms with E-state index in [-0.39, 0.29) is 6.42 Å². The minimum atomic E-state index is -4.05. The van der Waals surface area contributed by atoms with Gasteiger partial charge in [-0.15, -0.1) is 11.8 Å². The summed E-state index contributed by atoms with van der Waals surface area (Å²) in [5, 5.41) is 3.02. The number of nitrogens with one attached hydrogen (secondary N) is 1. The van der Waals surface area contributed by atoms with Crippen molar-refractivity contribution in [2.45, 2.75) is 23.9 Å². The summed E-state index contributed by atoms with van der Waals surface area (Å²) in [5.74, 6) is 0. The molecule has 0 saturated heterocycles. The summed E-state index contributed by atoms with van der Waals surface area (Å²) in [6.45, 7) is 0.344. The third kappa shape index (κ3) is 4.79. The standard InChI is InChI=1S/C11H14F3NS/c1-16-10-6-3-2-5-9(10)15-8-4-7-11(12,13)14/h2-3,5-6,15H,4,7-8H2,1H3. The second-order valence-electron chi connectivity index (χ2n) is 3.35. The van der Waals surface area contributed by atoms with Crippen LogP contribution in [0.25, 0.3) is 0 Å². The molecule has 0 aliphatic heterocycles. The van der Waals surface area contributed by atoms with E-state index < -0.39 is 12.6 Å². The first kappa shape index (κ1) is 13.2. The van der Waals surface area contributed by atoms with E-state index in [1.54, 1.807) is 11.8 Å². The summed E-state index contributed by atoms with van der Waals surface area (Å²) in [5.41, 5.74) is 0.900. The molecule has 0 aromatic heterocycles. The maximum Gasteiger partial charge on any atom is 0.389 e. The lowest BCUT2D eigenvalue weighted by Gasteiger charge is -2.11. The second-order valence-corrected chi connectivity index (χ2v) is 4.19. The number of hydrogen-bond acceptors (Lipinski definition) is 2. The Kier molecular flexibility index (Phi) is 4.99. The van der Waals surface area contributed by atoms with Crippen molar-refractivity contribution in [1.82, 2.24) is 0 Å². The lowest BCUT2D eigenvalue weighted by molar-refractivity contribution is -0.134. The SMILES string of the molecule is CSc1ccccc1NCCCC(F)(F)F. The maximum atomic E-state index is 11.9. The van der Waals surface area contributed by atoms with E-state index in [1.807, 2.05) is 30.5 Å². The fraction of sp³-hybridized carbons (Fsp3) is 0.455. The van der Waals surface area contributed by atoms with Gasteiger partial charge in [-0.2, -0.15) is 13.2 Å². The van der Waals surface area contributed by atoms with E-state index in [0.29, 0.717) is 6.54 Å². The minimum absolute atomic E-state index is 0.103. The molecule has 1 N–H and O–H groups in total. The Hall–Kier alpha value is -0.840. The van der Waals surface area contributed by atoms with Crippen LogP contribution in [0.4, 0.5) is 18.9 Å². The molecule has 0 bridgehead atoms. The van der Waals surface area contributed by atoms with Gasteiger partial charge in [0.1, 0.15) is 0 Å². The van der Waals surface area contributed by atoms with Crippen molar-refractivity contribution in [1.29, 1.82) is 0 Å². The number of halogens is 3. The predicted molar refractivity (Wildman–Crippen MR) is 62.0 cm³/mol. The normalized spacial score (nSPS) is 11.5. The molecule has 5 heteroatoms. The van der Waals surface area contributed by atoms with E-state index in [9.17, 15) is 13.2 Å². The Labute approximate surface area is 97.4 Å². The van der Waals surface area contributed by atoms with Crippen molar-refractivity contribution in [3.8, 4) is 0 Å². The molecule has 16 heavy (non-hydrogen) atoms. The number of thioether (sulfide) groups is 1. The molecule has 0 fully saturated rings. The highest BCUT2D eigenvalue weighted by atomic mass is 32.2. The lowest BCUT2D eigenvalue weighted by atomic mass is 10.2. The second kappa shape index (κ2) is 6.03. The Bertz CT molecular complexity index is 325. The van der Waals surface area contributed by atoms with E-state index >= 15 is 0 Å². The van der Waals surface area contributed by atoms with Crippen LogP contribution in [0.3, 0.4) is 0 Å². The van der Waals surface area contributed by atoms with Crippen molar-refractivity contribution in [3.63, 3.8) is 0 Å². The van der Waals surface area contributed by atoms with Crippen LogP contribution >= 0.6 is 11.8 Å². The molecular formula is C11H14F3NS. The van der Waals surface area contributed by atoms with Gasteiger partial charge >= 0.3 is 6.18 Å². The quantitative estimate of drug-likeness (QED) is 0.621. The zero-order valence-electron chi connectivity index (χ0n) is 8.97. The number of para-hydroxylation sites is 1. The van der Waals surface area contributed by atoms with Crippen molar-refractivity contribution in [2.75, 3.05) is 18.1 Å². The molecule has 0 heterocycles. The highest BCUT2D eigenvalue weighted by molar-refractivity contribution is 7.98. The van der Waals surface area contributed by atoms with Gasteiger partial charge in [0.2, 0.25) is 0 Å². The smallest absolute Gasteiger partial charge is 0.384 e. The van der Waals surface area contributed by atoms with Crippen molar-refractivity contribution < 1.29 is 13.2 Å². The average molecular weight is 249 g/mol. The largest absolute Gasteiger partial charge is 0.389 e. The molecule has 0 radical (unpaired) electrons. The first-order valence-electron chi connectivity index (χ1n) is 4.96. The van der Waals surface area contributed by atoms with E-state index in [4.69, 9.17) is 0 Å². The summed E-state index contributed by atoms with van der Waals surface area (Å²) >= 11 is 1.57. The topological polar surface area (TPSA) is 12.0 Å². The number of anilines is 1. The first-order chi connectivity index (χ1) is 7.53. The van der Waals surface area contributed by atoms with Crippen LogP contribution in [-0.4, -0.2) is 19.0 Å². The molecule has 1 aromatic carbocycles. The zero-order valence-corrected chi connectivity index (χ0v) is 9.79. The summed E-state index contributed by atoms with van der Waals surface area (Å²) in [6.07, 6.45) is -2.75. The fourth-order valence-electron chi connectivity index (χ4n) is 1.30. The van der Waals surface area contributed by atoms with Gasteiger partial charge in [0.25, 0.3) is 0 Å². The third-order valence-electron chi connectivity index (χ3n) is 2.06. The van der Waals surface area contributed by atoms with Crippen LogP contribution in [-0.2, 0) is 0 Å². The van der Waals surface area contributed by atoms with Gasteiger partial charge in [-0.25, -0.2) is 0 Å². The van der Waals surface area contributed by atoms with Crippen LogP contribution in [0.5, 0.6) is 0 Å². The molecule has 0 aliphatic carbocycles. The van der Waals surface area contributed by atoms with Gasteiger partial charge < -0.3 is 5.32 Å². The third-order valence-corrected chi connectivity index (χ3v) is 2.86. The molecule has 1 rings (SSSR count). The maximum absolute atomic E-state index is 11.9. The molecule has 1 nitrogen and oxygen atoms in total. The van der Waals surface area contributed by atoms with Gasteiger partial charge in [-0.1, -0.05) is 12.1 Å². The molecule has 0 spiro atoms. The van der Waals surface area contributed by atoms with Crippen LogP contribution in [0.15, 0.2) is 29.2 Å². The van der Waals surface area contributed by atoms with Crippen LogP contribution in [0.1, 0.15) is 12.8 Å². The van der Waals surface area contributed by atoms with Crippen LogP contribution in [0, 0.1) is 0 Å². The summed E-state index contributed by atoms with van der Waals surface area (Å²) in [4.78, 5) is 1.05. The van der Waals surface area contributed by atoms with E-state index in [0.717, 1.165) is 10.6 Å². The molecule has 1 aromatic rings. The van der Waals surface area contributed by atoms with Gasteiger partial charge in [0.15, 0.2) is 0 Å². The van der Waals surface area contributed by atoms with Crippen molar-refractivity contribution in [2.24, 2.45) is 0 Å². The predicted octanol–water partition coefficient (Wildman–Crippen LogP) is 4.16. The number of rotatable bonds is 5. The summed E-state index contributed by atoms with van der Waals surface area (Å²) in [7, 11) is 0. The van der Waals surface area contributed by atoms with Gasteiger partial charge in [0, 0.05) is 23.5 Å². The Morgan fingerprint density at radius 3 is 2.56 bits per heavy atom. The van der Waals surface area contributed by atoms with Crippen molar-refractivity contribution in [3.05, 3.63) is 24.3 Å². The van der Waals surface area contributed by atoms with Gasteiger partial charge in [0.05, 0.1) is 0 Å². The van der Waals surface area contributed by atoms with Gasteiger partial charge in [-0.3, -0.25) is 0 Å². The Balaban J connectivity index is 2.37. The summed E-state index contributed by atoms with van der Waals surface area (Å²) in [6, 6.07) is 7.59. The highest BCUT2D eigenvalue weighted by Crippen LogP contribution is 2.25. The number of hydrogen-bond donors (Lipinski definition) is 1. The number of benzene rings is 1. The molecule has 0 saturated carbocycles. The monoisotopic (exact) mass is 249 g/mol. The molecule has 0 amide bonds. The zero-order chi connectivity index (χ0) is 12.0. The van der Waals surface area contributed by atoms with E-state index in [1.165, 1.54) is 0 Å². The molecule has 0 atom stereocenters. The lowest BCUT2D eigenvalue weighted by Crippen LogP contribution is -2.11. The molecular weight excluding hydrogens is 235 g/mol. The molecule has 0 unspecified atom stereocenters. The Morgan fingerprint density at radius 1 is 1.25 bits per heavy atom. The number of alkyl halides is 3. The van der Waals surface area contributed by atoms with E-state index in [2.05, 4.69) is 5.32 Å². The van der Waals surface area contributed by atoms with Gasteiger partial charge in [-0.05, 0) is 24.8 Å². The van der Waals surface area contributed by atoms with Crippen LogP contribution in [0.2, 0.25) is 0 Å². The Morgan fingerprint density at radius 2 is 1.94 bits per heavy atom. The fourth-order valence-corrected chi connectivity index (χ4v) is 1.88. The van der Waals surface area contributed by atoms with Crippen molar-refractivity contribution >= 4 is 17.4 Å². The average Bonchev–Trinajstić information content (AvgIpc) is 2.23. The van der Waals surface area contributed by atoms with Crippen LogP contribution < -0.4 is 5.32 Å². The molecule has 90 valence electrons. The minimum Gasteiger partial charge on any atom is -0.384 e. The highest BCUT2D eigenvalue weighted by Gasteiger charge is 2.25. The first-order valence-corrected chi connectivity index (χ1v) is 6.19. The molecule has 0 aliphatic rings. The summed E-state index contributed by atoms with van der Waals surface area (Å²) < 4.78 is 35.7.